The van der Waals surface area contributed by atoms with Crippen molar-refractivity contribution in [1.29, 1.82) is 0 Å². The minimum atomic E-state index is -0.269. The molecule has 0 fully saturated rings. The molecule has 4 nitrogen and oxygen atoms in total. The first kappa shape index (κ1) is 13.1. The van der Waals surface area contributed by atoms with Crippen molar-refractivity contribution < 1.29 is 5.11 Å². The molecule has 0 bridgehead atoms. The Morgan fingerprint density at radius 3 is 2.42 bits per heavy atom. The largest absolute Gasteiger partial charge is 0.857 e. The molecular weight excluding hydrogens is 238 g/mol. The van der Waals surface area contributed by atoms with Crippen LogP contribution in [0.15, 0.2) is 59.7 Å². The fraction of sp³-hybridized carbons (Fsp3) is 0.133. The van der Waals surface area contributed by atoms with Gasteiger partial charge in [-0.3, -0.25) is 0 Å². The van der Waals surface area contributed by atoms with E-state index in [0.717, 1.165) is 11.1 Å². The third kappa shape index (κ3) is 3.33. The summed E-state index contributed by atoms with van der Waals surface area (Å²) in [5, 5.41) is 17.2. The van der Waals surface area contributed by atoms with Crippen LogP contribution in [0.2, 0.25) is 0 Å². The number of hydrazone groups is 1. The predicted molar refractivity (Wildman–Crippen MR) is 75.2 cm³/mol. The Bertz CT molecular complexity index is 567. The van der Waals surface area contributed by atoms with Crippen LogP contribution in [0.5, 0.6) is 0 Å². The minimum absolute atomic E-state index is 0.269. The second-order valence-electron chi connectivity index (χ2n) is 4.10. The first-order valence-electron chi connectivity index (χ1n) is 6.03. The minimum Gasteiger partial charge on any atom is -0.857 e. The van der Waals surface area contributed by atoms with Crippen molar-refractivity contribution in [3.63, 3.8) is 0 Å². The van der Waals surface area contributed by atoms with E-state index in [0.29, 0.717) is 5.56 Å². The van der Waals surface area contributed by atoms with Crippen LogP contribution in [0.25, 0.3) is 11.1 Å². The Morgan fingerprint density at radius 2 is 1.74 bits per heavy atom. The van der Waals surface area contributed by atoms with Gasteiger partial charge in [0, 0.05) is 20.0 Å². The molecule has 98 valence electrons. The van der Waals surface area contributed by atoms with Crippen LogP contribution in [0.4, 0.5) is 0 Å². The second kappa shape index (κ2) is 6.02. The van der Waals surface area contributed by atoms with Crippen molar-refractivity contribution in [2.75, 3.05) is 14.1 Å². The molecule has 19 heavy (non-hydrogen) atoms. The summed E-state index contributed by atoms with van der Waals surface area (Å²) in [4.78, 5) is 0. The van der Waals surface area contributed by atoms with Crippen LogP contribution >= 0.6 is 0 Å². The van der Waals surface area contributed by atoms with E-state index in [1.165, 1.54) is 5.12 Å². The van der Waals surface area contributed by atoms with Gasteiger partial charge in [0.2, 0.25) is 0 Å². The van der Waals surface area contributed by atoms with Crippen molar-refractivity contribution in [1.82, 2.24) is 10.5 Å². The zero-order chi connectivity index (χ0) is 13.7. The van der Waals surface area contributed by atoms with E-state index in [4.69, 9.17) is 0 Å². The van der Waals surface area contributed by atoms with Crippen molar-refractivity contribution in [2.45, 2.75) is 0 Å². The zero-order valence-corrected chi connectivity index (χ0v) is 11.0. The Labute approximate surface area is 113 Å². The van der Waals surface area contributed by atoms with E-state index in [9.17, 15) is 5.11 Å². The average molecular weight is 254 g/mol. The van der Waals surface area contributed by atoms with Gasteiger partial charge in [0.25, 0.3) is 0 Å². The lowest BCUT2D eigenvalue weighted by Crippen LogP contribution is -2.30. The SMILES string of the molecule is CNN(C)N=C([O-])c1cccc(-c2ccccc2)c1. The normalized spacial score (nSPS) is 11.4. The molecule has 0 amide bonds. The third-order valence-corrected chi connectivity index (χ3v) is 2.78. The predicted octanol–water partition coefficient (Wildman–Crippen LogP) is 1.44. The fourth-order valence-electron chi connectivity index (χ4n) is 1.71. The van der Waals surface area contributed by atoms with Gasteiger partial charge in [-0.25, -0.2) is 10.5 Å². The van der Waals surface area contributed by atoms with Gasteiger partial charge >= 0.3 is 0 Å². The summed E-state index contributed by atoms with van der Waals surface area (Å²) < 4.78 is 0. The molecule has 4 heteroatoms. The molecule has 0 saturated heterocycles. The molecule has 0 aliphatic carbocycles. The molecule has 1 N–H and O–H groups in total. The van der Waals surface area contributed by atoms with E-state index in [2.05, 4.69) is 10.5 Å². The molecule has 2 rings (SSSR count). The van der Waals surface area contributed by atoms with Crippen LogP contribution in [-0.2, 0) is 0 Å². The molecule has 0 spiro atoms. The fourth-order valence-corrected chi connectivity index (χ4v) is 1.71. The Kier molecular flexibility index (Phi) is 4.15. The Hall–Kier alpha value is -2.33. The van der Waals surface area contributed by atoms with Crippen LogP contribution in [-0.4, -0.2) is 25.1 Å². The first-order valence-corrected chi connectivity index (χ1v) is 6.03. The topological polar surface area (TPSA) is 50.7 Å². The first-order chi connectivity index (χ1) is 9.20. The van der Waals surface area contributed by atoms with Crippen LogP contribution in [0, 0.1) is 0 Å². The molecular formula is C15H16N3O-. The molecule has 0 radical (unpaired) electrons. The molecule has 0 atom stereocenters. The molecule has 0 unspecified atom stereocenters. The molecule has 2 aromatic rings. The molecule has 0 aromatic heterocycles. The number of rotatable bonds is 4. The highest BCUT2D eigenvalue weighted by molar-refractivity contribution is 5.91. The molecule has 0 heterocycles. The van der Waals surface area contributed by atoms with E-state index >= 15 is 0 Å². The van der Waals surface area contributed by atoms with Gasteiger partial charge in [-0.05, 0) is 22.8 Å². The highest BCUT2D eigenvalue weighted by Gasteiger charge is 1.99. The highest BCUT2D eigenvalue weighted by Crippen LogP contribution is 2.19. The smallest absolute Gasteiger partial charge is 0.0421 e. The standard InChI is InChI=1S/C15H17N3O/c1-16-18(2)17-15(19)14-10-6-9-13(11-14)12-7-4-3-5-8-12/h3-11,16H,1-2H3,(H,17,19)/p-1. The van der Waals surface area contributed by atoms with Crippen LogP contribution in [0.3, 0.4) is 0 Å². The van der Waals surface area contributed by atoms with E-state index in [1.54, 1.807) is 20.2 Å². The van der Waals surface area contributed by atoms with Gasteiger partial charge in [0.15, 0.2) is 0 Å². The van der Waals surface area contributed by atoms with E-state index < -0.39 is 0 Å². The summed E-state index contributed by atoms with van der Waals surface area (Å²) in [6.07, 6.45) is 0. The number of benzene rings is 2. The summed E-state index contributed by atoms with van der Waals surface area (Å²) in [6.45, 7) is 0. The van der Waals surface area contributed by atoms with Gasteiger partial charge in [-0.2, -0.15) is 5.10 Å². The van der Waals surface area contributed by atoms with Gasteiger partial charge in [0.05, 0.1) is 0 Å². The summed E-state index contributed by atoms with van der Waals surface area (Å²) in [5.74, 6) is -0.269. The molecule has 2 aromatic carbocycles. The Balaban J connectivity index is 2.32. The van der Waals surface area contributed by atoms with Gasteiger partial charge in [-0.1, -0.05) is 48.5 Å². The van der Waals surface area contributed by atoms with Gasteiger partial charge in [-0.15, -0.1) is 0 Å². The van der Waals surface area contributed by atoms with Crippen molar-refractivity contribution in [2.24, 2.45) is 5.10 Å². The van der Waals surface area contributed by atoms with Crippen molar-refractivity contribution >= 4 is 5.90 Å². The highest BCUT2D eigenvalue weighted by atomic mass is 16.3. The zero-order valence-electron chi connectivity index (χ0n) is 11.0. The summed E-state index contributed by atoms with van der Waals surface area (Å²) in [6, 6.07) is 17.4. The number of nitrogens with one attached hydrogen (secondary N) is 1. The molecule has 0 aliphatic heterocycles. The van der Waals surface area contributed by atoms with Gasteiger partial charge in [0.1, 0.15) is 0 Å². The van der Waals surface area contributed by atoms with Crippen molar-refractivity contribution in [3.8, 4) is 11.1 Å². The molecule has 0 saturated carbocycles. The lowest BCUT2D eigenvalue weighted by molar-refractivity contribution is -0.215. The number of hydrogen-bond donors (Lipinski definition) is 1. The number of nitrogens with zero attached hydrogens (tertiary/aromatic N) is 2. The maximum absolute atomic E-state index is 11.9. The summed E-state index contributed by atoms with van der Waals surface area (Å²) >= 11 is 0. The maximum Gasteiger partial charge on any atom is 0.0421 e. The maximum atomic E-state index is 11.9. The lowest BCUT2D eigenvalue weighted by atomic mass is 10.0. The van der Waals surface area contributed by atoms with Gasteiger partial charge < -0.3 is 5.11 Å². The summed E-state index contributed by atoms with van der Waals surface area (Å²) in [7, 11) is 3.39. The molecule has 0 aliphatic rings. The van der Waals surface area contributed by atoms with Crippen LogP contribution in [0.1, 0.15) is 5.56 Å². The Morgan fingerprint density at radius 1 is 1.05 bits per heavy atom. The lowest BCUT2D eigenvalue weighted by Gasteiger charge is -2.17. The average Bonchev–Trinajstić information content (AvgIpc) is 2.48. The van der Waals surface area contributed by atoms with E-state index in [-0.39, 0.29) is 5.90 Å². The van der Waals surface area contributed by atoms with Crippen molar-refractivity contribution in [3.05, 3.63) is 60.2 Å². The quantitative estimate of drug-likeness (QED) is 0.510. The van der Waals surface area contributed by atoms with E-state index in [1.807, 2.05) is 48.5 Å². The summed E-state index contributed by atoms with van der Waals surface area (Å²) in [5.41, 5.74) is 5.42. The second-order valence-corrected chi connectivity index (χ2v) is 4.10. The number of hydrazine groups is 1. The number of hydrogen-bond acceptors (Lipinski definition) is 4. The monoisotopic (exact) mass is 254 g/mol. The van der Waals surface area contributed by atoms with Crippen LogP contribution < -0.4 is 10.5 Å². The third-order valence-electron chi connectivity index (χ3n) is 2.78.